The summed E-state index contributed by atoms with van der Waals surface area (Å²) in [6.45, 7) is 2.74. The number of hydrogen-bond acceptors (Lipinski definition) is 9. The summed E-state index contributed by atoms with van der Waals surface area (Å²) in [6.07, 6.45) is 3.69. The third kappa shape index (κ3) is 7.54. The number of methoxy groups -OCH3 is 1. The number of aromatic nitrogens is 4. The molecule has 0 radical (unpaired) electrons. The van der Waals surface area contributed by atoms with Crippen LogP contribution in [-0.2, 0) is 36.1 Å². The Labute approximate surface area is 293 Å². The Morgan fingerprint density at radius 2 is 1.94 bits per heavy atom. The number of ether oxygens (including phenoxy) is 1. The van der Waals surface area contributed by atoms with E-state index in [9.17, 15) is 14.4 Å². The zero-order valence-electron chi connectivity index (χ0n) is 27.1. The summed E-state index contributed by atoms with van der Waals surface area (Å²) in [7, 11) is 3.35. The van der Waals surface area contributed by atoms with E-state index in [-0.39, 0.29) is 29.2 Å². The number of amides is 2. The molecule has 6 rings (SSSR count). The van der Waals surface area contributed by atoms with Crippen molar-refractivity contribution in [2.45, 2.75) is 44.8 Å². The van der Waals surface area contributed by atoms with Gasteiger partial charge in [-0.25, -0.2) is 9.97 Å². The fraction of sp³-hybridized carbons (Fsp3) is 0.353. The third-order valence-electron chi connectivity index (χ3n) is 8.77. The van der Waals surface area contributed by atoms with Crippen LogP contribution in [0.15, 0.2) is 42.6 Å². The van der Waals surface area contributed by atoms with Gasteiger partial charge >= 0.3 is 5.97 Å². The van der Waals surface area contributed by atoms with Crippen LogP contribution in [0.3, 0.4) is 0 Å². The molecule has 2 aliphatic rings. The summed E-state index contributed by atoms with van der Waals surface area (Å²) in [5.74, 6) is -0.526. The van der Waals surface area contributed by atoms with Gasteiger partial charge in [0.1, 0.15) is 0 Å². The van der Waals surface area contributed by atoms with Crippen molar-refractivity contribution >= 4 is 46.7 Å². The number of carboxylic acid groups (broad SMARTS) is 1. The van der Waals surface area contributed by atoms with Gasteiger partial charge in [-0.05, 0) is 24.6 Å². The lowest BCUT2D eigenvalue weighted by Gasteiger charge is -2.25. The van der Waals surface area contributed by atoms with Crippen molar-refractivity contribution in [3.63, 3.8) is 0 Å². The Morgan fingerprint density at radius 3 is 2.69 bits per heavy atom. The molecule has 0 aliphatic carbocycles. The topological polar surface area (TPSA) is 164 Å². The zero-order valence-corrected chi connectivity index (χ0v) is 28.6. The zero-order chi connectivity index (χ0) is 34.7. The molecule has 2 amide bonds. The molecule has 0 spiro atoms. The maximum atomic E-state index is 13.5. The minimum atomic E-state index is -0.849. The first-order chi connectivity index (χ1) is 23.6. The van der Waals surface area contributed by atoms with E-state index in [2.05, 4.69) is 25.9 Å². The van der Waals surface area contributed by atoms with E-state index in [1.807, 2.05) is 17.0 Å². The molecule has 1 saturated heterocycles. The average molecular weight is 708 g/mol. The standard InChI is InChI=1S/C34H36Cl2N8O5/c1-43-26-11-14-44(15-12-28(46)47)18-25(26)40-32(43)33(48)41-24-5-3-4-22(29(24)35)31-30(36)21(10-13-38-31)23-8-6-19(34(42-23)49-2)16-37-17-20-7-9-27(45)39-20/h3-6,8,10,13,20,37H,7,9,11-12,14-18H2,1-2H3,(H,39,45)(H,41,48)(H,46,47)/t20-/m1/s1. The highest BCUT2D eigenvalue weighted by molar-refractivity contribution is 6.39. The number of nitrogens with zero attached hydrogens (tertiary/aromatic N) is 5. The molecule has 1 fully saturated rings. The number of fused-ring (bicyclic) bond motifs is 1. The number of benzene rings is 1. The van der Waals surface area contributed by atoms with Crippen LogP contribution in [0.25, 0.3) is 22.5 Å². The Morgan fingerprint density at radius 1 is 1.10 bits per heavy atom. The van der Waals surface area contributed by atoms with Gasteiger partial charge in [0, 0.05) is 87.2 Å². The minimum absolute atomic E-state index is 0.0466. The maximum absolute atomic E-state index is 13.5. The monoisotopic (exact) mass is 706 g/mol. The highest BCUT2D eigenvalue weighted by Gasteiger charge is 2.27. The maximum Gasteiger partial charge on any atom is 0.304 e. The average Bonchev–Trinajstić information content (AvgIpc) is 3.66. The number of rotatable bonds is 12. The summed E-state index contributed by atoms with van der Waals surface area (Å²) in [5, 5.41) is 18.8. The highest BCUT2D eigenvalue weighted by Crippen LogP contribution is 2.40. The van der Waals surface area contributed by atoms with Crippen molar-refractivity contribution in [1.29, 1.82) is 0 Å². The second kappa shape index (κ2) is 14.9. The van der Waals surface area contributed by atoms with Crippen LogP contribution in [0.4, 0.5) is 5.69 Å². The van der Waals surface area contributed by atoms with Gasteiger partial charge < -0.3 is 30.4 Å². The van der Waals surface area contributed by atoms with Crippen molar-refractivity contribution in [3.8, 4) is 28.4 Å². The molecule has 0 bridgehead atoms. The van der Waals surface area contributed by atoms with Crippen LogP contribution >= 0.6 is 23.2 Å². The van der Waals surface area contributed by atoms with Crippen LogP contribution in [0.1, 0.15) is 46.8 Å². The normalized spacial score (nSPS) is 15.9. The predicted molar refractivity (Wildman–Crippen MR) is 185 cm³/mol. The number of pyridine rings is 2. The number of imidazole rings is 1. The molecule has 0 unspecified atom stereocenters. The van der Waals surface area contributed by atoms with Gasteiger partial charge in [-0.1, -0.05) is 41.4 Å². The van der Waals surface area contributed by atoms with Crippen LogP contribution in [0.2, 0.25) is 10.0 Å². The summed E-state index contributed by atoms with van der Waals surface area (Å²) in [6, 6.07) is 10.9. The molecule has 49 heavy (non-hydrogen) atoms. The molecule has 13 nitrogen and oxygen atoms in total. The van der Waals surface area contributed by atoms with E-state index in [4.69, 9.17) is 38.0 Å². The van der Waals surface area contributed by atoms with Crippen LogP contribution in [-0.4, -0.2) is 80.1 Å². The van der Waals surface area contributed by atoms with E-state index in [1.54, 1.807) is 49.2 Å². The molecular formula is C34H36Cl2N8O5. The molecule has 4 N–H and O–H groups in total. The van der Waals surface area contributed by atoms with E-state index in [0.29, 0.717) is 84.7 Å². The lowest BCUT2D eigenvalue weighted by atomic mass is 10.1. The molecule has 256 valence electrons. The second-order valence-corrected chi connectivity index (χ2v) is 12.8. The van der Waals surface area contributed by atoms with Gasteiger partial charge in [-0.3, -0.25) is 24.3 Å². The van der Waals surface area contributed by atoms with Crippen LogP contribution in [0, 0.1) is 0 Å². The first-order valence-corrected chi connectivity index (χ1v) is 16.7. The van der Waals surface area contributed by atoms with Crippen molar-refractivity contribution in [2.75, 3.05) is 32.1 Å². The van der Waals surface area contributed by atoms with Crippen molar-refractivity contribution in [3.05, 3.63) is 75.4 Å². The predicted octanol–water partition coefficient (Wildman–Crippen LogP) is 4.31. The van der Waals surface area contributed by atoms with Gasteiger partial charge in [0.2, 0.25) is 11.8 Å². The number of nitrogens with one attached hydrogen (secondary N) is 3. The van der Waals surface area contributed by atoms with Gasteiger partial charge in [0.15, 0.2) is 5.82 Å². The number of anilines is 1. The summed E-state index contributed by atoms with van der Waals surface area (Å²) < 4.78 is 7.37. The quantitative estimate of drug-likeness (QED) is 0.167. The highest BCUT2D eigenvalue weighted by atomic mass is 35.5. The fourth-order valence-electron chi connectivity index (χ4n) is 6.19. The lowest BCUT2D eigenvalue weighted by Crippen LogP contribution is -2.35. The molecule has 0 saturated carbocycles. The smallest absolute Gasteiger partial charge is 0.304 e. The molecule has 1 aromatic carbocycles. The summed E-state index contributed by atoms with van der Waals surface area (Å²) in [4.78, 5) is 51.8. The summed E-state index contributed by atoms with van der Waals surface area (Å²) >= 11 is 13.8. The number of halogens is 2. The SMILES string of the molecule is COc1nc(-c2ccnc(-c3cccc(NC(=O)c4nc5c(n4C)CCN(CCC(=O)O)C5)c3Cl)c2Cl)ccc1CNC[C@H]1CCC(=O)N1. The van der Waals surface area contributed by atoms with Gasteiger partial charge in [0.25, 0.3) is 5.91 Å². The van der Waals surface area contributed by atoms with Gasteiger partial charge in [-0.15, -0.1) is 0 Å². The van der Waals surface area contributed by atoms with Crippen molar-refractivity contribution in [1.82, 2.24) is 35.1 Å². The Kier molecular flexibility index (Phi) is 10.4. The number of aliphatic carboxylic acids is 1. The molecule has 15 heteroatoms. The lowest BCUT2D eigenvalue weighted by molar-refractivity contribution is -0.137. The molecule has 5 heterocycles. The second-order valence-electron chi connectivity index (χ2n) is 12.0. The Bertz CT molecular complexity index is 1920. The van der Waals surface area contributed by atoms with Crippen LogP contribution in [0.5, 0.6) is 5.88 Å². The number of hydrogen-bond donors (Lipinski definition) is 4. The first-order valence-electron chi connectivity index (χ1n) is 15.9. The molecule has 1 atom stereocenters. The Balaban J connectivity index is 1.19. The molecular weight excluding hydrogens is 671 g/mol. The van der Waals surface area contributed by atoms with Crippen molar-refractivity contribution in [2.24, 2.45) is 7.05 Å². The number of carbonyl (C=O) groups is 3. The van der Waals surface area contributed by atoms with E-state index in [0.717, 1.165) is 23.4 Å². The van der Waals surface area contributed by atoms with Gasteiger partial charge in [-0.2, -0.15) is 0 Å². The van der Waals surface area contributed by atoms with E-state index < -0.39 is 11.9 Å². The van der Waals surface area contributed by atoms with Crippen LogP contribution < -0.4 is 20.7 Å². The molecule has 2 aliphatic heterocycles. The third-order valence-corrected chi connectivity index (χ3v) is 9.56. The largest absolute Gasteiger partial charge is 0.481 e. The van der Waals surface area contributed by atoms with E-state index >= 15 is 0 Å². The summed E-state index contributed by atoms with van der Waals surface area (Å²) in [5.41, 5.74) is 5.06. The molecule has 4 aromatic rings. The Hall–Kier alpha value is -4.56. The number of carboxylic acids is 1. The number of carbonyl (C=O) groups excluding carboxylic acids is 2. The van der Waals surface area contributed by atoms with Crippen molar-refractivity contribution < 1.29 is 24.2 Å². The first kappa shape index (κ1) is 34.3. The fourth-order valence-corrected chi connectivity index (χ4v) is 6.76. The van der Waals surface area contributed by atoms with Gasteiger partial charge in [0.05, 0.1) is 46.3 Å². The molecule has 3 aromatic heterocycles. The minimum Gasteiger partial charge on any atom is -0.481 e. The van der Waals surface area contributed by atoms with E-state index in [1.165, 1.54) is 0 Å².